The zero-order chi connectivity index (χ0) is 11.7. The maximum atomic E-state index is 8.88. The molecule has 0 atom stereocenters. The molecule has 0 heterocycles. The van der Waals surface area contributed by atoms with Gasteiger partial charge in [-0.05, 0) is 0 Å². The molecule has 0 saturated carbocycles. The summed E-state index contributed by atoms with van der Waals surface area (Å²) in [7, 11) is -4.64. The molecule has 0 fully saturated rings. The normalized spacial score (nSPS) is 7.64. The second-order valence-electron chi connectivity index (χ2n) is 0.960. The largest absolute Gasteiger partial charge is 2.00 e. The van der Waals surface area contributed by atoms with E-state index in [9.17, 15) is 0 Å². The minimum absolute atomic E-state index is 0. The summed E-state index contributed by atoms with van der Waals surface area (Å²) >= 11 is 0. The summed E-state index contributed by atoms with van der Waals surface area (Å²) in [6.45, 7) is 0. The van der Waals surface area contributed by atoms with Gasteiger partial charge in [0, 0.05) is 0 Å². The number of rotatable bonds is 0. The van der Waals surface area contributed by atoms with E-state index in [1.54, 1.807) is 0 Å². The summed E-state index contributed by atoms with van der Waals surface area (Å²) in [5.74, 6) is 0. The molecule has 0 aromatic carbocycles. The molecule has 0 spiro atoms. The van der Waals surface area contributed by atoms with Crippen molar-refractivity contribution in [3.05, 3.63) is 30.6 Å². The molecule has 0 rings (SSSR count). The van der Waals surface area contributed by atoms with Crippen LogP contribution in [0.2, 0.25) is 0 Å². The molecule has 0 amide bonds. The van der Waals surface area contributed by atoms with Crippen LogP contribution in [0.4, 0.5) is 0 Å². The number of nitrogens with zero attached hydrogens (tertiary/aromatic N) is 2. The maximum absolute atomic E-state index is 8.88. The van der Waals surface area contributed by atoms with Crippen LogP contribution < -0.4 is 0 Å². The van der Waals surface area contributed by atoms with Gasteiger partial charge in [-0.15, -0.1) is 0 Å². The van der Waals surface area contributed by atoms with Crippen LogP contribution in [0, 0.1) is 30.6 Å². The Balaban J connectivity index is -0.0000000522. The number of hydrogen-bond donors (Lipinski definition) is 3. The molecule has 88 valence electrons. The first-order valence-corrected chi connectivity index (χ1v) is 3.44. The van der Waals surface area contributed by atoms with Crippen LogP contribution in [0.3, 0.4) is 0 Å². The van der Waals surface area contributed by atoms with Crippen molar-refractivity contribution in [3.8, 4) is 0 Å². The third-order valence-corrected chi connectivity index (χ3v) is 0. The molecule has 0 unspecified atom stereocenters. The van der Waals surface area contributed by atoms with Crippen LogP contribution in [0.25, 0.3) is 0 Å². The van der Waals surface area contributed by atoms with Crippen molar-refractivity contribution in [2.75, 3.05) is 0 Å². The van der Waals surface area contributed by atoms with E-state index in [-0.39, 0.29) is 16.5 Å². The van der Waals surface area contributed by atoms with Gasteiger partial charge in [0.2, 0.25) is 0 Å². The van der Waals surface area contributed by atoms with Crippen LogP contribution in [0.15, 0.2) is 0 Å². The van der Waals surface area contributed by atoms with Gasteiger partial charge in [-0.25, -0.2) is 4.57 Å². The van der Waals surface area contributed by atoms with E-state index in [1.165, 1.54) is 0 Å². The van der Waals surface area contributed by atoms with E-state index in [2.05, 4.69) is 0 Å². The van der Waals surface area contributed by atoms with Crippen molar-refractivity contribution in [1.82, 2.24) is 0 Å². The summed E-state index contributed by atoms with van der Waals surface area (Å²) in [6, 6.07) is 0. The second kappa shape index (κ2) is 12.0. The molecule has 14 heavy (non-hydrogen) atoms. The Hall–Kier alpha value is -0.996. The van der Waals surface area contributed by atoms with Crippen molar-refractivity contribution in [2.45, 2.75) is 0 Å². The fourth-order valence-corrected chi connectivity index (χ4v) is 0. The van der Waals surface area contributed by atoms with Crippen molar-refractivity contribution >= 4 is 7.82 Å². The van der Waals surface area contributed by atoms with E-state index >= 15 is 0 Å². The van der Waals surface area contributed by atoms with E-state index in [1.807, 2.05) is 0 Å². The first-order chi connectivity index (χ1) is 5.46. The standard InChI is InChI=1S/2NO3.Ni.H3O4P/c2*2-1(3)4;;1-5(2,3)4/h;;;(H3,1,2,3,4)/q2*-1;+2;. The van der Waals surface area contributed by atoms with Crippen LogP contribution >= 0.6 is 7.82 Å². The Kier molecular flexibility index (Phi) is 19.8. The monoisotopic (exact) mass is 280 g/mol. The van der Waals surface area contributed by atoms with Gasteiger partial charge >= 0.3 is 24.3 Å². The van der Waals surface area contributed by atoms with Crippen molar-refractivity contribution in [3.63, 3.8) is 0 Å². The van der Waals surface area contributed by atoms with E-state index in [4.69, 9.17) is 49.9 Å². The maximum Gasteiger partial charge on any atom is 2.00 e. The first kappa shape index (κ1) is 23.1. The average molecular weight is 281 g/mol. The molecule has 14 heteroatoms. The van der Waals surface area contributed by atoms with Gasteiger partial charge in [-0.3, -0.25) is 0 Å². The third kappa shape index (κ3) is 1110. The summed E-state index contributed by atoms with van der Waals surface area (Å²) in [6.07, 6.45) is 0. The molecule has 3 N–H and O–H groups in total. The fraction of sp³-hybridized carbons (Fsp3) is 0. The predicted octanol–water partition coefficient (Wildman–Crippen LogP) is -1.41. The molecule has 0 aromatic rings. The van der Waals surface area contributed by atoms with E-state index < -0.39 is 18.0 Å². The minimum Gasteiger partial charge on any atom is -0.356 e. The molecular formula is H3N2NiO10P. The molecule has 0 saturated heterocycles. The number of phosphoric acid groups is 1. The molecule has 0 aliphatic carbocycles. The van der Waals surface area contributed by atoms with E-state index in [0.29, 0.717) is 0 Å². The quantitative estimate of drug-likeness (QED) is 0.204. The fourth-order valence-electron chi connectivity index (χ4n) is 0. The molecule has 0 aliphatic rings. The SMILES string of the molecule is O=P(O)(O)O.O=[N+]([O-])[O-].O=[N+]([O-])[O-].[Ni+2]. The smallest absolute Gasteiger partial charge is 0.356 e. The Morgan fingerprint density at radius 2 is 0.857 bits per heavy atom. The van der Waals surface area contributed by atoms with Gasteiger partial charge in [-0.2, -0.15) is 0 Å². The zero-order valence-electron chi connectivity index (χ0n) is 5.86. The molecule has 0 aliphatic heterocycles. The van der Waals surface area contributed by atoms with Crippen LogP contribution in [-0.4, -0.2) is 24.9 Å². The molecular weight excluding hydrogens is 278 g/mol. The topological polar surface area (TPSA) is 210 Å². The van der Waals surface area contributed by atoms with E-state index in [0.717, 1.165) is 0 Å². The number of hydrogen-bond acceptors (Lipinski definition) is 7. The van der Waals surface area contributed by atoms with Crippen molar-refractivity contribution in [1.29, 1.82) is 0 Å². The van der Waals surface area contributed by atoms with Gasteiger partial charge in [0.25, 0.3) is 0 Å². The van der Waals surface area contributed by atoms with Gasteiger partial charge in [-0.1, -0.05) is 0 Å². The Morgan fingerprint density at radius 1 is 0.857 bits per heavy atom. The van der Waals surface area contributed by atoms with Gasteiger partial charge < -0.3 is 45.3 Å². The van der Waals surface area contributed by atoms with Crippen molar-refractivity contribution < 1.29 is 45.9 Å². The minimum atomic E-state index is -4.64. The first-order valence-electron chi connectivity index (χ1n) is 1.88. The zero-order valence-corrected chi connectivity index (χ0v) is 7.74. The molecule has 12 nitrogen and oxygen atoms in total. The summed E-state index contributed by atoms with van der Waals surface area (Å²) in [5, 5.41) is 29.5. The average Bonchev–Trinajstić information content (AvgIpc) is 1.50. The Bertz CT molecular complexity index is 166. The van der Waals surface area contributed by atoms with Gasteiger partial charge in [0.05, 0.1) is 10.2 Å². The summed E-state index contributed by atoms with van der Waals surface area (Å²) in [4.78, 5) is 38.1. The third-order valence-electron chi connectivity index (χ3n) is 0. The molecule has 0 bridgehead atoms. The van der Waals surface area contributed by atoms with Gasteiger partial charge in [0.1, 0.15) is 0 Å². The predicted molar refractivity (Wildman–Crippen MR) is 35.0 cm³/mol. The molecule has 0 radical (unpaired) electrons. The van der Waals surface area contributed by atoms with Crippen LogP contribution in [0.1, 0.15) is 0 Å². The van der Waals surface area contributed by atoms with Gasteiger partial charge in [0.15, 0.2) is 0 Å². The second-order valence-corrected chi connectivity index (χ2v) is 1.99. The Labute approximate surface area is 85.2 Å². The Morgan fingerprint density at radius 3 is 0.857 bits per heavy atom. The molecule has 0 aromatic heterocycles. The van der Waals surface area contributed by atoms with Crippen LogP contribution in [-0.2, 0) is 21.1 Å². The summed E-state index contributed by atoms with van der Waals surface area (Å²) in [5.41, 5.74) is 0. The van der Waals surface area contributed by atoms with Crippen LogP contribution in [0.5, 0.6) is 0 Å². The van der Waals surface area contributed by atoms with Crippen molar-refractivity contribution in [2.24, 2.45) is 0 Å². The summed E-state index contributed by atoms with van der Waals surface area (Å²) < 4.78 is 8.88.